The van der Waals surface area contributed by atoms with E-state index in [1.807, 2.05) is 0 Å². The summed E-state index contributed by atoms with van der Waals surface area (Å²) in [6, 6.07) is 5.60. The van der Waals surface area contributed by atoms with Crippen LogP contribution in [0.3, 0.4) is 0 Å². The minimum Gasteiger partial charge on any atom is -0.507 e. The summed E-state index contributed by atoms with van der Waals surface area (Å²) in [5.41, 5.74) is 2.76. The third-order valence-corrected chi connectivity index (χ3v) is 7.90. The zero-order chi connectivity index (χ0) is 24.5. The number of carbonyl (C=O) groups excluding carboxylic acids is 1. The molecule has 0 aromatic heterocycles. The zero-order valence-corrected chi connectivity index (χ0v) is 19.7. The van der Waals surface area contributed by atoms with Gasteiger partial charge in [0.1, 0.15) is 22.1 Å². The molecule has 0 atom stereocenters. The maximum absolute atomic E-state index is 13.0. The predicted molar refractivity (Wildman–Crippen MR) is 125 cm³/mol. The van der Waals surface area contributed by atoms with Crippen LogP contribution in [0.15, 0.2) is 29.2 Å². The Morgan fingerprint density at radius 1 is 1.03 bits per heavy atom. The molecule has 1 amide bonds. The molecule has 182 valence electrons. The van der Waals surface area contributed by atoms with Gasteiger partial charge in [0.25, 0.3) is 0 Å². The number of phenolic OH excluding ortho intramolecular Hbond substituents is 1. The Kier molecular flexibility index (Phi) is 6.81. The zero-order valence-electron chi connectivity index (χ0n) is 18.9. The molecule has 9 nitrogen and oxygen atoms in total. The number of phenols is 1. The van der Waals surface area contributed by atoms with Gasteiger partial charge in [-0.15, -0.1) is 0 Å². The first-order valence-electron chi connectivity index (χ1n) is 11.4. The lowest BCUT2D eigenvalue weighted by Crippen LogP contribution is -2.36. The van der Waals surface area contributed by atoms with Crippen LogP contribution < -0.4 is 14.8 Å². The van der Waals surface area contributed by atoms with E-state index in [0.717, 1.165) is 49.7 Å². The summed E-state index contributed by atoms with van der Waals surface area (Å²) in [6.45, 7) is 1.77. The average Bonchev–Trinajstić information content (AvgIpc) is 3.28. The first kappa shape index (κ1) is 24.0. The number of benzene rings is 2. The molecule has 0 saturated heterocycles. The van der Waals surface area contributed by atoms with Gasteiger partial charge in [-0.1, -0.05) is 19.3 Å². The van der Waals surface area contributed by atoms with E-state index in [9.17, 15) is 23.1 Å². The van der Waals surface area contributed by atoms with Gasteiger partial charge >= 0.3 is 11.9 Å². The molecule has 1 fully saturated rings. The number of aromatic hydroxyl groups is 1. The Balaban J connectivity index is 1.63. The van der Waals surface area contributed by atoms with Crippen LogP contribution in [-0.4, -0.2) is 36.5 Å². The second kappa shape index (κ2) is 9.63. The number of aryl methyl sites for hydroxylation is 1. The SMILES string of the molecule is Cc1cc(NC(=O)C(=O)O)c2c(c1Oc1ccc(O)c(S(=O)(=O)NC3CCCCC3)c1)CCC2. The molecular formula is C24H28N2O7S. The molecular weight excluding hydrogens is 460 g/mol. The summed E-state index contributed by atoms with van der Waals surface area (Å²) in [5.74, 6) is -2.24. The number of amides is 1. The number of sulfonamides is 1. The van der Waals surface area contributed by atoms with Gasteiger partial charge in [0, 0.05) is 23.4 Å². The lowest BCUT2D eigenvalue weighted by atomic mass is 9.96. The maximum Gasteiger partial charge on any atom is 0.394 e. The molecule has 2 aromatic rings. The van der Waals surface area contributed by atoms with Crippen LogP contribution >= 0.6 is 0 Å². The Bertz CT molecular complexity index is 1230. The smallest absolute Gasteiger partial charge is 0.394 e. The molecule has 0 aliphatic heterocycles. The molecule has 2 aliphatic carbocycles. The molecule has 2 aromatic carbocycles. The number of rotatable bonds is 6. The Hall–Kier alpha value is -3.11. The highest BCUT2D eigenvalue weighted by atomic mass is 32.2. The fourth-order valence-corrected chi connectivity index (χ4v) is 6.14. The van der Waals surface area contributed by atoms with Gasteiger partial charge < -0.3 is 20.3 Å². The Labute approximate surface area is 198 Å². The number of ether oxygens (including phenoxy) is 1. The van der Waals surface area contributed by atoms with Crippen LogP contribution in [0.5, 0.6) is 17.2 Å². The van der Waals surface area contributed by atoms with E-state index in [2.05, 4.69) is 10.0 Å². The van der Waals surface area contributed by atoms with Crippen molar-refractivity contribution in [2.45, 2.75) is 69.2 Å². The van der Waals surface area contributed by atoms with Crippen molar-refractivity contribution in [2.75, 3.05) is 5.32 Å². The van der Waals surface area contributed by atoms with Crippen LogP contribution in [0.4, 0.5) is 5.69 Å². The number of anilines is 1. The molecule has 34 heavy (non-hydrogen) atoms. The predicted octanol–water partition coefficient (Wildman–Crippen LogP) is 3.62. The third-order valence-electron chi connectivity index (χ3n) is 6.35. The van der Waals surface area contributed by atoms with Crippen LogP contribution in [0.25, 0.3) is 0 Å². The first-order valence-corrected chi connectivity index (χ1v) is 12.9. The lowest BCUT2D eigenvalue weighted by molar-refractivity contribution is -0.147. The molecule has 10 heteroatoms. The number of hydrogen-bond donors (Lipinski definition) is 4. The minimum atomic E-state index is -3.94. The van der Waals surface area contributed by atoms with E-state index in [1.165, 1.54) is 18.2 Å². The van der Waals surface area contributed by atoms with E-state index in [-0.39, 0.29) is 22.4 Å². The van der Waals surface area contributed by atoms with Gasteiger partial charge in [-0.2, -0.15) is 0 Å². The first-order chi connectivity index (χ1) is 16.2. The molecule has 0 bridgehead atoms. The van der Waals surface area contributed by atoms with Crippen molar-refractivity contribution in [2.24, 2.45) is 0 Å². The van der Waals surface area contributed by atoms with Crippen molar-refractivity contribution in [3.8, 4) is 17.2 Å². The lowest BCUT2D eigenvalue weighted by Gasteiger charge is -2.23. The number of carboxylic acid groups (broad SMARTS) is 1. The summed E-state index contributed by atoms with van der Waals surface area (Å²) >= 11 is 0. The van der Waals surface area contributed by atoms with E-state index in [0.29, 0.717) is 29.8 Å². The summed E-state index contributed by atoms with van der Waals surface area (Å²) in [5, 5.41) is 21.6. The summed E-state index contributed by atoms with van der Waals surface area (Å²) in [6.07, 6.45) is 6.71. The van der Waals surface area contributed by atoms with Crippen LogP contribution in [0.1, 0.15) is 55.2 Å². The van der Waals surface area contributed by atoms with Crippen molar-refractivity contribution >= 4 is 27.6 Å². The van der Waals surface area contributed by atoms with Gasteiger partial charge in [-0.05, 0) is 68.4 Å². The van der Waals surface area contributed by atoms with E-state index in [4.69, 9.17) is 9.84 Å². The number of hydrogen-bond acceptors (Lipinski definition) is 6. The number of aliphatic carboxylic acids is 1. The normalized spacial score (nSPS) is 16.1. The molecule has 1 saturated carbocycles. The number of carboxylic acids is 1. The Morgan fingerprint density at radius 3 is 2.44 bits per heavy atom. The second-order valence-corrected chi connectivity index (χ2v) is 10.5. The van der Waals surface area contributed by atoms with E-state index >= 15 is 0 Å². The third kappa shape index (κ3) is 5.02. The number of fused-ring (bicyclic) bond motifs is 1. The topological polar surface area (TPSA) is 142 Å². The number of nitrogens with one attached hydrogen (secondary N) is 2. The molecule has 4 rings (SSSR count). The van der Waals surface area contributed by atoms with Crippen molar-refractivity contribution < 1.29 is 33.0 Å². The van der Waals surface area contributed by atoms with Gasteiger partial charge in [0.15, 0.2) is 0 Å². The second-order valence-electron chi connectivity index (χ2n) is 8.83. The largest absolute Gasteiger partial charge is 0.507 e. The van der Waals surface area contributed by atoms with Gasteiger partial charge in [0.2, 0.25) is 10.0 Å². The summed E-state index contributed by atoms with van der Waals surface area (Å²) in [4.78, 5) is 22.4. The van der Waals surface area contributed by atoms with Gasteiger partial charge in [0.05, 0.1) is 0 Å². The maximum atomic E-state index is 13.0. The fourth-order valence-electron chi connectivity index (χ4n) is 4.72. The molecule has 0 radical (unpaired) electrons. The fraction of sp³-hybridized carbons (Fsp3) is 0.417. The van der Waals surface area contributed by atoms with Crippen molar-refractivity contribution in [1.29, 1.82) is 0 Å². The number of carbonyl (C=O) groups is 2. The van der Waals surface area contributed by atoms with Gasteiger partial charge in [-0.3, -0.25) is 4.79 Å². The van der Waals surface area contributed by atoms with Gasteiger partial charge in [-0.25, -0.2) is 17.9 Å². The van der Waals surface area contributed by atoms with Crippen LogP contribution in [0, 0.1) is 6.92 Å². The quantitative estimate of drug-likeness (QED) is 0.455. The van der Waals surface area contributed by atoms with Crippen molar-refractivity contribution in [1.82, 2.24) is 4.72 Å². The minimum absolute atomic E-state index is 0.151. The monoisotopic (exact) mass is 488 g/mol. The highest BCUT2D eigenvalue weighted by Crippen LogP contribution is 2.41. The molecule has 0 spiro atoms. The summed E-state index contributed by atoms with van der Waals surface area (Å²) in [7, 11) is -3.94. The van der Waals surface area contributed by atoms with E-state index < -0.39 is 21.9 Å². The van der Waals surface area contributed by atoms with Crippen molar-refractivity contribution in [3.05, 3.63) is 41.0 Å². The van der Waals surface area contributed by atoms with Crippen LogP contribution in [-0.2, 0) is 32.5 Å². The van der Waals surface area contributed by atoms with Crippen molar-refractivity contribution in [3.63, 3.8) is 0 Å². The summed E-state index contributed by atoms with van der Waals surface area (Å²) < 4.78 is 34.7. The van der Waals surface area contributed by atoms with E-state index in [1.54, 1.807) is 13.0 Å². The van der Waals surface area contributed by atoms with Crippen LogP contribution in [0.2, 0.25) is 0 Å². The highest BCUT2D eigenvalue weighted by Gasteiger charge is 2.27. The molecule has 2 aliphatic rings. The standard InChI is InChI=1S/C24H28N2O7S/c1-14-12-19(25-23(28)24(29)30)17-8-5-9-18(17)22(14)33-16-10-11-20(27)21(13-16)34(31,32)26-15-6-3-2-4-7-15/h10-13,15,26-27H,2-9H2,1H3,(H,25,28)(H,29,30). The molecule has 0 heterocycles. The Morgan fingerprint density at radius 2 is 1.74 bits per heavy atom. The highest BCUT2D eigenvalue weighted by molar-refractivity contribution is 7.89. The average molecular weight is 489 g/mol. The molecule has 4 N–H and O–H groups in total. The molecule has 0 unspecified atom stereocenters.